The number of hydrogen-bond acceptors (Lipinski definition) is 4. The zero-order valence-electron chi connectivity index (χ0n) is 18.6. The van der Waals surface area contributed by atoms with Gasteiger partial charge in [-0.2, -0.15) is 5.10 Å². The molecule has 0 aliphatic heterocycles. The Labute approximate surface area is 198 Å². The standard InChI is InChI=1S/C26H24N4O3S/c1-3-17-30-25(26(31)28-21-7-5-4-6-8-21)23(19-11-9-18(2)10-12-19)24(29-30)20-13-15-22(16-14-20)34(27,32)33/h3-16H,1,17H2,2H3,(H,28,31)(H2,27,32,33). The summed E-state index contributed by atoms with van der Waals surface area (Å²) >= 11 is 0. The topological polar surface area (TPSA) is 107 Å². The number of aryl methyl sites for hydroxylation is 1. The number of nitrogens with two attached hydrogens (primary N) is 1. The Morgan fingerprint density at radius 2 is 1.62 bits per heavy atom. The molecule has 34 heavy (non-hydrogen) atoms. The monoisotopic (exact) mass is 472 g/mol. The van der Waals surface area contributed by atoms with Crippen molar-refractivity contribution in [3.63, 3.8) is 0 Å². The zero-order valence-corrected chi connectivity index (χ0v) is 19.4. The van der Waals surface area contributed by atoms with E-state index in [4.69, 9.17) is 10.2 Å². The number of sulfonamides is 1. The number of aromatic nitrogens is 2. The SMILES string of the molecule is C=CCn1nc(-c2ccc(S(N)(=O)=O)cc2)c(-c2ccc(C)cc2)c1C(=O)Nc1ccccc1. The maximum Gasteiger partial charge on any atom is 0.274 e. The number of rotatable bonds is 7. The van der Waals surface area contributed by atoms with Crippen molar-refractivity contribution in [1.82, 2.24) is 9.78 Å². The molecule has 0 aliphatic rings. The lowest BCUT2D eigenvalue weighted by atomic mass is 9.97. The fourth-order valence-electron chi connectivity index (χ4n) is 3.66. The van der Waals surface area contributed by atoms with E-state index in [1.54, 1.807) is 22.9 Å². The van der Waals surface area contributed by atoms with Gasteiger partial charge in [0.05, 0.1) is 11.4 Å². The van der Waals surface area contributed by atoms with Gasteiger partial charge in [-0.05, 0) is 36.8 Å². The number of anilines is 1. The number of para-hydroxylation sites is 1. The summed E-state index contributed by atoms with van der Waals surface area (Å²) in [6.07, 6.45) is 1.67. The van der Waals surface area contributed by atoms with E-state index in [0.29, 0.717) is 34.7 Å². The molecule has 0 radical (unpaired) electrons. The van der Waals surface area contributed by atoms with Gasteiger partial charge in [0.1, 0.15) is 11.4 Å². The molecule has 0 fully saturated rings. The number of nitrogens with zero attached hydrogens (tertiary/aromatic N) is 2. The highest BCUT2D eigenvalue weighted by Gasteiger charge is 2.26. The minimum Gasteiger partial charge on any atom is -0.321 e. The van der Waals surface area contributed by atoms with Gasteiger partial charge in [-0.1, -0.05) is 66.2 Å². The molecule has 172 valence electrons. The van der Waals surface area contributed by atoms with Crippen molar-refractivity contribution in [2.24, 2.45) is 5.14 Å². The van der Waals surface area contributed by atoms with Gasteiger partial charge in [-0.3, -0.25) is 9.48 Å². The number of allylic oxidation sites excluding steroid dienone is 1. The van der Waals surface area contributed by atoms with Crippen LogP contribution in [0.5, 0.6) is 0 Å². The van der Waals surface area contributed by atoms with Crippen LogP contribution in [-0.2, 0) is 16.6 Å². The summed E-state index contributed by atoms with van der Waals surface area (Å²) in [5, 5.41) is 12.9. The molecule has 3 aromatic carbocycles. The van der Waals surface area contributed by atoms with Crippen molar-refractivity contribution in [1.29, 1.82) is 0 Å². The maximum atomic E-state index is 13.5. The van der Waals surface area contributed by atoms with Gasteiger partial charge in [0.15, 0.2) is 0 Å². The van der Waals surface area contributed by atoms with Gasteiger partial charge in [-0.25, -0.2) is 13.6 Å². The van der Waals surface area contributed by atoms with Crippen LogP contribution in [0.2, 0.25) is 0 Å². The lowest BCUT2D eigenvalue weighted by Crippen LogP contribution is -2.18. The lowest BCUT2D eigenvalue weighted by molar-refractivity contribution is 0.101. The van der Waals surface area contributed by atoms with E-state index in [1.165, 1.54) is 12.1 Å². The van der Waals surface area contributed by atoms with E-state index < -0.39 is 10.0 Å². The first-order valence-electron chi connectivity index (χ1n) is 10.6. The average Bonchev–Trinajstić information content (AvgIpc) is 3.19. The highest BCUT2D eigenvalue weighted by atomic mass is 32.2. The Kier molecular flexibility index (Phi) is 6.45. The molecule has 4 rings (SSSR count). The van der Waals surface area contributed by atoms with Gasteiger partial charge in [0, 0.05) is 16.8 Å². The number of hydrogen-bond donors (Lipinski definition) is 2. The predicted molar refractivity (Wildman–Crippen MR) is 134 cm³/mol. The van der Waals surface area contributed by atoms with E-state index in [1.807, 2.05) is 61.5 Å². The first-order chi connectivity index (χ1) is 16.3. The molecular weight excluding hydrogens is 448 g/mol. The molecule has 0 unspecified atom stereocenters. The van der Waals surface area contributed by atoms with Crippen LogP contribution in [0.25, 0.3) is 22.4 Å². The van der Waals surface area contributed by atoms with Crippen LogP contribution >= 0.6 is 0 Å². The molecule has 8 heteroatoms. The summed E-state index contributed by atoms with van der Waals surface area (Å²) in [5.41, 5.74) is 4.76. The molecule has 0 spiro atoms. The molecule has 0 bridgehead atoms. The summed E-state index contributed by atoms with van der Waals surface area (Å²) in [5.74, 6) is -0.316. The van der Waals surface area contributed by atoms with Crippen molar-refractivity contribution >= 4 is 21.6 Å². The zero-order chi connectivity index (χ0) is 24.3. The van der Waals surface area contributed by atoms with Gasteiger partial charge in [0.25, 0.3) is 5.91 Å². The first kappa shape index (κ1) is 23.2. The van der Waals surface area contributed by atoms with Crippen molar-refractivity contribution in [2.75, 3.05) is 5.32 Å². The van der Waals surface area contributed by atoms with E-state index >= 15 is 0 Å². The van der Waals surface area contributed by atoms with Gasteiger partial charge in [-0.15, -0.1) is 6.58 Å². The summed E-state index contributed by atoms with van der Waals surface area (Å²) in [7, 11) is -3.83. The van der Waals surface area contributed by atoms with E-state index in [2.05, 4.69) is 11.9 Å². The van der Waals surface area contributed by atoms with Gasteiger partial charge >= 0.3 is 0 Å². The second-order valence-electron chi connectivity index (χ2n) is 7.80. The quantitative estimate of drug-likeness (QED) is 0.383. The lowest BCUT2D eigenvalue weighted by Gasteiger charge is -2.10. The number of carbonyl (C=O) groups excluding carboxylic acids is 1. The van der Waals surface area contributed by atoms with Gasteiger partial charge < -0.3 is 5.32 Å². The summed E-state index contributed by atoms with van der Waals surface area (Å²) in [6.45, 7) is 6.10. The Bertz CT molecular complexity index is 1440. The van der Waals surface area contributed by atoms with Crippen molar-refractivity contribution in [2.45, 2.75) is 18.4 Å². The fourth-order valence-corrected chi connectivity index (χ4v) is 4.17. The fraction of sp³-hybridized carbons (Fsp3) is 0.0769. The summed E-state index contributed by atoms with van der Waals surface area (Å²) in [6, 6.07) is 23.1. The number of nitrogens with one attached hydrogen (secondary N) is 1. The van der Waals surface area contributed by atoms with Crippen LogP contribution in [0.4, 0.5) is 5.69 Å². The Morgan fingerprint density at radius 3 is 2.21 bits per heavy atom. The van der Waals surface area contributed by atoms with Crippen molar-refractivity contribution in [3.8, 4) is 22.4 Å². The number of benzene rings is 3. The van der Waals surface area contributed by atoms with Crippen LogP contribution in [0.1, 0.15) is 16.1 Å². The van der Waals surface area contributed by atoms with Gasteiger partial charge in [0.2, 0.25) is 10.0 Å². The largest absolute Gasteiger partial charge is 0.321 e. The normalized spacial score (nSPS) is 11.2. The molecule has 7 nitrogen and oxygen atoms in total. The molecule has 0 atom stereocenters. The third-order valence-electron chi connectivity index (χ3n) is 5.30. The van der Waals surface area contributed by atoms with E-state index in [0.717, 1.165) is 11.1 Å². The summed E-state index contributed by atoms with van der Waals surface area (Å²) in [4.78, 5) is 13.5. The van der Waals surface area contributed by atoms with Crippen LogP contribution in [-0.4, -0.2) is 24.1 Å². The Balaban J connectivity index is 1.92. The van der Waals surface area contributed by atoms with Crippen LogP contribution in [0, 0.1) is 6.92 Å². The molecule has 1 heterocycles. The van der Waals surface area contributed by atoms with E-state index in [9.17, 15) is 13.2 Å². The highest BCUT2D eigenvalue weighted by Crippen LogP contribution is 2.36. The molecule has 4 aromatic rings. The second-order valence-corrected chi connectivity index (χ2v) is 9.36. The number of primary sulfonamides is 1. The van der Waals surface area contributed by atoms with Crippen LogP contribution in [0.3, 0.4) is 0 Å². The van der Waals surface area contributed by atoms with Crippen molar-refractivity contribution in [3.05, 3.63) is 103 Å². The Hall–Kier alpha value is -4.01. The minimum atomic E-state index is -3.83. The number of amides is 1. The second kappa shape index (κ2) is 9.46. The molecule has 0 saturated carbocycles. The molecule has 1 aromatic heterocycles. The average molecular weight is 473 g/mol. The first-order valence-corrected chi connectivity index (χ1v) is 12.1. The third-order valence-corrected chi connectivity index (χ3v) is 6.23. The van der Waals surface area contributed by atoms with Crippen LogP contribution < -0.4 is 10.5 Å². The third kappa shape index (κ3) is 4.83. The van der Waals surface area contributed by atoms with Crippen LogP contribution in [0.15, 0.2) is 96.4 Å². The molecule has 0 saturated heterocycles. The minimum absolute atomic E-state index is 0.000652. The predicted octanol–water partition coefficient (Wildman–Crippen LogP) is 4.61. The smallest absolute Gasteiger partial charge is 0.274 e. The summed E-state index contributed by atoms with van der Waals surface area (Å²) < 4.78 is 25.0. The number of carbonyl (C=O) groups is 1. The van der Waals surface area contributed by atoms with E-state index in [-0.39, 0.29) is 10.8 Å². The Morgan fingerprint density at radius 1 is 1.00 bits per heavy atom. The molecular formula is C26H24N4O3S. The highest BCUT2D eigenvalue weighted by molar-refractivity contribution is 7.89. The maximum absolute atomic E-state index is 13.5. The van der Waals surface area contributed by atoms with Crippen molar-refractivity contribution < 1.29 is 13.2 Å². The molecule has 1 amide bonds. The molecule has 0 aliphatic carbocycles. The molecule has 3 N–H and O–H groups in total.